The van der Waals surface area contributed by atoms with Crippen LogP contribution in [0.25, 0.3) is 0 Å². The molecule has 1 rings (SSSR count). The van der Waals surface area contributed by atoms with Gasteiger partial charge in [-0.2, -0.15) is 0 Å². The number of hydrogen-bond acceptors (Lipinski definition) is 0. The summed E-state index contributed by atoms with van der Waals surface area (Å²) in [6.07, 6.45) is 5.72. The molecule has 0 aliphatic heterocycles. The zero-order valence-electron chi connectivity index (χ0n) is 9.41. The molecular formula is C12H24. The topological polar surface area (TPSA) is 0 Å². The monoisotopic (exact) mass is 168 g/mol. The van der Waals surface area contributed by atoms with Crippen LogP contribution in [0.3, 0.4) is 0 Å². The molecule has 0 heterocycles. The third kappa shape index (κ3) is 1.67. The highest BCUT2D eigenvalue weighted by molar-refractivity contribution is 4.96. The second-order valence-corrected chi connectivity index (χ2v) is 5.68. The van der Waals surface area contributed by atoms with Crippen molar-refractivity contribution in [3.63, 3.8) is 0 Å². The van der Waals surface area contributed by atoms with E-state index in [-0.39, 0.29) is 0 Å². The van der Waals surface area contributed by atoms with Crippen LogP contribution in [0.5, 0.6) is 0 Å². The first-order valence-electron chi connectivity index (χ1n) is 5.43. The molecule has 0 bridgehead atoms. The first kappa shape index (κ1) is 10.1. The maximum Gasteiger partial charge on any atom is -0.0297 e. The predicted octanol–water partition coefficient (Wildman–Crippen LogP) is 4.25. The second-order valence-electron chi connectivity index (χ2n) is 5.68. The van der Waals surface area contributed by atoms with Crippen molar-refractivity contribution < 1.29 is 0 Å². The van der Waals surface area contributed by atoms with Gasteiger partial charge in [0.1, 0.15) is 0 Å². The van der Waals surface area contributed by atoms with Gasteiger partial charge in [-0.1, -0.05) is 47.5 Å². The van der Waals surface area contributed by atoms with Gasteiger partial charge in [-0.15, -0.1) is 0 Å². The van der Waals surface area contributed by atoms with Gasteiger partial charge in [0.25, 0.3) is 0 Å². The van der Waals surface area contributed by atoms with Crippen molar-refractivity contribution in [3.8, 4) is 0 Å². The highest BCUT2D eigenvalue weighted by Gasteiger charge is 2.45. The standard InChI is InChI=1S/C12H24/c1-6-12(7-2)8-10(9-12)11(3,4)5/h10H,6-9H2,1-5H3. The fourth-order valence-corrected chi connectivity index (χ4v) is 2.43. The van der Waals surface area contributed by atoms with Gasteiger partial charge in [-0.3, -0.25) is 0 Å². The van der Waals surface area contributed by atoms with Crippen LogP contribution in [0.1, 0.15) is 60.3 Å². The molecule has 0 spiro atoms. The molecule has 0 heteroatoms. The minimum atomic E-state index is 0.549. The van der Waals surface area contributed by atoms with E-state index in [1.54, 1.807) is 0 Å². The summed E-state index contributed by atoms with van der Waals surface area (Å²) < 4.78 is 0. The molecule has 0 aromatic heterocycles. The molecule has 1 saturated carbocycles. The Morgan fingerprint density at radius 1 is 1.08 bits per heavy atom. The molecule has 0 aromatic carbocycles. The molecule has 0 amide bonds. The molecule has 1 fully saturated rings. The van der Waals surface area contributed by atoms with Gasteiger partial charge in [0.2, 0.25) is 0 Å². The zero-order chi connectivity index (χ0) is 9.41. The van der Waals surface area contributed by atoms with Crippen LogP contribution >= 0.6 is 0 Å². The Morgan fingerprint density at radius 3 is 1.75 bits per heavy atom. The van der Waals surface area contributed by atoms with Crippen molar-refractivity contribution in [1.82, 2.24) is 0 Å². The smallest absolute Gasteiger partial charge is 0.0297 e. The van der Waals surface area contributed by atoms with Crippen LogP contribution in [0.2, 0.25) is 0 Å². The lowest BCUT2D eigenvalue weighted by atomic mass is 9.53. The van der Waals surface area contributed by atoms with E-state index in [0.29, 0.717) is 5.41 Å². The van der Waals surface area contributed by atoms with E-state index in [1.807, 2.05) is 0 Å². The van der Waals surface area contributed by atoms with Gasteiger partial charge >= 0.3 is 0 Å². The lowest BCUT2D eigenvalue weighted by Gasteiger charge is -2.52. The SMILES string of the molecule is CCC1(CC)CC(C(C)(C)C)C1. The molecule has 12 heavy (non-hydrogen) atoms. The van der Waals surface area contributed by atoms with E-state index >= 15 is 0 Å². The van der Waals surface area contributed by atoms with Crippen molar-refractivity contribution in [2.75, 3.05) is 0 Å². The molecule has 0 aromatic rings. The number of hydrogen-bond donors (Lipinski definition) is 0. The summed E-state index contributed by atoms with van der Waals surface area (Å²) in [6, 6.07) is 0. The van der Waals surface area contributed by atoms with Crippen LogP contribution in [0.15, 0.2) is 0 Å². The van der Waals surface area contributed by atoms with Crippen LogP contribution < -0.4 is 0 Å². The molecule has 0 atom stereocenters. The van der Waals surface area contributed by atoms with Gasteiger partial charge in [0, 0.05) is 0 Å². The summed E-state index contributed by atoms with van der Waals surface area (Å²) in [6.45, 7) is 11.8. The Bertz CT molecular complexity index is 138. The summed E-state index contributed by atoms with van der Waals surface area (Å²) in [4.78, 5) is 0. The molecule has 1 aliphatic carbocycles. The predicted molar refractivity (Wildman–Crippen MR) is 55.2 cm³/mol. The Hall–Kier alpha value is 0. The van der Waals surface area contributed by atoms with Gasteiger partial charge in [-0.05, 0) is 29.6 Å². The quantitative estimate of drug-likeness (QED) is 0.578. The summed E-state index contributed by atoms with van der Waals surface area (Å²) >= 11 is 0. The fraction of sp³-hybridized carbons (Fsp3) is 1.00. The van der Waals surface area contributed by atoms with E-state index in [4.69, 9.17) is 0 Å². The molecule has 72 valence electrons. The van der Waals surface area contributed by atoms with E-state index < -0.39 is 0 Å². The lowest BCUT2D eigenvalue weighted by molar-refractivity contribution is -0.0193. The molecule has 0 unspecified atom stereocenters. The lowest BCUT2D eigenvalue weighted by Crippen LogP contribution is -2.42. The van der Waals surface area contributed by atoms with Crippen LogP contribution in [0.4, 0.5) is 0 Å². The van der Waals surface area contributed by atoms with Gasteiger partial charge in [-0.25, -0.2) is 0 Å². The van der Waals surface area contributed by atoms with Crippen molar-refractivity contribution in [2.24, 2.45) is 16.7 Å². The average molecular weight is 168 g/mol. The fourth-order valence-electron chi connectivity index (χ4n) is 2.43. The summed E-state index contributed by atoms with van der Waals surface area (Å²) in [5, 5.41) is 0. The second kappa shape index (κ2) is 3.05. The summed E-state index contributed by atoms with van der Waals surface area (Å²) in [5.41, 5.74) is 1.28. The molecule has 0 nitrogen and oxygen atoms in total. The Morgan fingerprint density at radius 2 is 1.50 bits per heavy atom. The van der Waals surface area contributed by atoms with E-state index in [1.165, 1.54) is 25.7 Å². The van der Waals surface area contributed by atoms with Crippen LogP contribution in [-0.4, -0.2) is 0 Å². The molecule has 0 radical (unpaired) electrons. The molecule has 1 aliphatic rings. The average Bonchev–Trinajstić information content (AvgIpc) is 1.85. The highest BCUT2D eigenvalue weighted by atomic mass is 14.5. The van der Waals surface area contributed by atoms with Crippen molar-refractivity contribution in [3.05, 3.63) is 0 Å². The van der Waals surface area contributed by atoms with Crippen LogP contribution in [0, 0.1) is 16.7 Å². The largest absolute Gasteiger partial charge is 0.0649 e. The Kier molecular flexibility index (Phi) is 2.56. The van der Waals surface area contributed by atoms with Gasteiger partial charge in [0.05, 0.1) is 0 Å². The Labute approximate surface area is 77.7 Å². The molecular weight excluding hydrogens is 144 g/mol. The van der Waals surface area contributed by atoms with Gasteiger partial charge in [0.15, 0.2) is 0 Å². The molecule has 0 N–H and O–H groups in total. The summed E-state index contributed by atoms with van der Waals surface area (Å²) in [5.74, 6) is 0.984. The first-order valence-corrected chi connectivity index (χ1v) is 5.43. The van der Waals surface area contributed by atoms with Crippen molar-refractivity contribution >= 4 is 0 Å². The maximum absolute atomic E-state index is 2.38. The molecule has 0 saturated heterocycles. The van der Waals surface area contributed by atoms with Crippen LogP contribution in [-0.2, 0) is 0 Å². The van der Waals surface area contributed by atoms with E-state index in [2.05, 4.69) is 34.6 Å². The Balaban J connectivity index is 2.45. The maximum atomic E-state index is 2.38. The zero-order valence-corrected chi connectivity index (χ0v) is 9.41. The third-order valence-electron chi connectivity index (χ3n) is 4.08. The first-order chi connectivity index (χ1) is 5.43. The van der Waals surface area contributed by atoms with Crippen molar-refractivity contribution in [1.29, 1.82) is 0 Å². The summed E-state index contributed by atoms with van der Waals surface area (Å²) in [7, 11) is 0. The van der Waals surface area contributed by atoms with E-state index in [0.717, 1.165) is 11.3 Å². The van der Waals surface area contributed by atoms with Crippen molar-refractivity contribution in [2.45, 2.75) is 60.3 Å². The normalized spacial score (nSPS) is 23.8. The highest BCUT2D eigenvalue weighted by Crippen LogP contribution is 2.56. The number of rotatable bonds is 2. The third-order valence-corrected chi connectivity index (χ3v) is 4.08. The minimum absolute atomic E-state index is 0.549. The van der Waals surface area contributed by atoms with Gasteiger partial charge < -0.3 is 0 Å². The minimum Gasteiger partial charge on any atom is -0.0649 e. The van der Waals surface area contributed by atoms with E-state index in [9.17, 15) is 0 Å².